The Labute approximate surface area is 100 Å². The lowest BCUT2D eigenvalue weighted by atomic mass is 10.2. The molecule has 0 aliphatic carbocycles. The summed E-state index contributed by atoms with van der Waals surface area (Å²) in [5.74, 6) is 0.202. The van der Waals surface area contributed by atoms with Crippen molar-refractivity contribution in [3.05, 3.63) is 29.6 Å². The van der Waals surface area contributed by atoms with Crippen LogP contribution >= 0.6 is 0 Å². The summed E-state index contributed by atoms with van der Waals surface area (Å²) in [4.78, 5) is 0. The van der Waals surface area contributed by atoms with Crippen molar-refractivity contribution in [3.63, 3.8) is 0 Å². The van der Waals surface area contributed by atoms with E-state index in [1.807, 2.05) is 5.92 Å². The molecule has 1 rings (SSSR count). The van der Waals surface area contributed by atoms with Crippen LogP contribution in [0, 0.1) is 17.0 Å². The molecule has 0 atom stereocenters. The van der Waals surface area contributed by atoms with E-state index in [0.717, 1.165) is 18.4 Å². The third-order valence-electron chi connectivity index (χ3n) is 1.49. The van der Waals surface area contributed by atoms with Gasteiger partial charge in [-0.05, 0) is 18.1 Å². The number of rotatable bonds is 1. The first-order valence-corrected chi connectivity index (χ1v) is 6.23. The van der Waals surface area contributed by atoms with E-state index < -0.39 is 27.8 Å². The predicted octanol–water partition coefficient (Wildman–Crippen LogP) is 2.08. The van der Waals surface area contributed by atoms with Gasteiger partial charge in [0.1, 0.15) is 11.6 Å². The second-order valence-corrected chi connectivity index (χ2v) is 4.97. The van der Waals surface area contributed by atoms with Crippen molar-refractivity contribution in [1.82, 2.24) is 0 Å². The summed E-state index contributed by atoms with van der Waals surface area (Å²) in [7, 11) is -3.63. The van der Waals surface area contributed by atoms with Crippen molar-refractivity contribution in [2.75, 3.05) is 6.26 Å². The minimum absolute atomic E-state index is 0.236. The van der Waals surface area contributed by atoms with Gasteiger partial charge in [-0.15, -0.1) is 13.2 Å². The molecule has 0 radical (unpaired) electrons. The van der Waals surface area contributed by atoms with Gasteiger partial charge in [0.2, 0.25) is 9.84 Å². The van der Waals surface area contributed by atoms with Crippen LogP contribution in [-0.4, -0.2) is 21.0 Å². The Morgan fingerprint density at radius 3 is 2.33 bits per heavy atom. The average Bonchev–Trinajstić information content (AvgIpc) is 2.09. The molecule has 1 aromatic rings. The molecular weight excluding hydrogens is 276 g/mol. The Morgan fingerprint density at radius 2 is 1.83 bits per heavy atom. The van der Waals surface area contributed by atoms with Crippen molar-refractivity contribution in [2.45, 2.75) is 6.36 Å². The molecule has 0 N–H and O–H groups in total. The monoisotopic (exact) mass is 282 g/mol. The van der Waals surface area contributed by atoms with Gasteiger partial charge < -0.3 is 4.74 Å². The van der Waals surface area contributed by atoms with Crippen LogP contribution in [0.5, 0.6) is 5.75 Å². The van der Waals surface area contributed by atoms with Gasteiger partial charge in [0, 0.05) is 16.9 Å². The predicted molar refractivity (Wildman–Crippen MR) is 54.8 cm³/mol. The largest absolute Gasteiger partial charge is 0.573 e. The summed E-state index contributed by atoms with van der Waals surface area (Å²) >= 11 is 0. The van der Waals surface area contributed by atoms with Crippen LogP contribution < -0.4 is 4.74 Å². The molecular formula is C10H6F4O3S. The number of hydrogen-bond donors (Lipinski definition) is 0. The van der Waals surface area contributed by atoms with E-state index in [-0.39, 0.29) is 5.56 Å². The number of ether oxygens (including phenoxy) is 1. The van der Waals surface area contributed by atoms with Crippen LogP contribution in [-0.2, 0) is 9.84 Å². The Morgan fingerprint density at radius 1 is 1.22 bits per heavy atom. The number of hydrogen-bond acceptors (Lipinski definition) is 3. The van der Waals surface area contributed by atoms with Crippen molar-refractivity contribution in [3.8, 4) is 16.9 Å². The van der Waals surface area contributed by atoms with E-state index in [1.165, 1.54) is 0 Å². The fraction of sp³-hybridized carbons (Fsp3) is 0.200. The molecule has 3 nitrogen and oxygen atoms in total. The lowest BCUT2D eigenvalue weighted by Crippen LogP contribution is -2.17. The molecule has 0 saturated heterocycles. The van der Waals surface area contributed by atoms with Crippen LogP contribution in [0.25, 0.3) is 0 Å². The first-order valence-electron chi connectivity index (χ1n) is 4.34. The van der Waals surface area contributed by atoms with E-state index >= 15 is 0 Å². The second-order valence-electron chi connectivity index (χ2n) is 3.22. The molecule has 0 heterocycles. The molecule has 98 valence electrons. The lowest BCUT2D eigenvalue weighted by molar-refractivity contribution is -0.274. The van der Waals surface area contributed by atoms with Crippen LogP contribution in [0.15, 0.2) is 18.2 Å². The maximum absolute atomic E-state index is 13.0. The molecule has 0 aromatic heterocycles. The Kier molecular flexibility index (Phi) is 3.86. The first kappa shape index (κ1) is 14.3. The first-order chi connectivity index (χ1) is 8.05. The molecule has 0 amide bonds. The highest BCUT2D eigenvalue weighted by atomic mass is 32.2. The topological polar surface area (TPSA) is 43.4 Å². The fourth-order valence-electron chi connectivity index (χ4n) is 0.979. The lowest BCUT2D eigenvalue weighted by Gasteiger charge is -2.08. The number of sulfone groups is 1. The van der Waals surface area contributed by atoms with Crippen LogP contribution in [0.4, 0.5) is 17.6 Å². The summed E-state index contributed by atoms with van der Waals surface area (Å²) in [6, 6.07) is 2.09. The normalized spacial score (nSPS) is 11.6. The van der Waals surface area contributed by atoms with E-state index in [4.69, 9.17) is 0 Å². The Hall–Kier alpha value is -1.75. The smallest absolute Gasteiger partial charge is 0.406 e. The fourth-order valence-corrected chi connectivity index (χ4v) is 1.28. The van der Waals surface area contributed by atoms with Gasteiger partial charge in [0.25, 0.3) is 0 Å². The van der Waals surface area contributed by atoms with E-state index in [1.54, 1.807) is 5.25 Å². The number of alkyl halides is 3. The van der Waals surface area contributed by atoms with Crippen LogP contribution in [0.1, 0.15) is 5.56 Å². The minimum Gasteiger partial charge on any atom is -0.406 e. The second kappa shape index (κ2) is 4.86. The molecule has 8 heteroatoms. The van der Waals surface area contributed by atoms with Crippen molar-refractivity contribution >= 4 is 9.84 Å². The molecule has 0 aliphatic heterocycles. The maximum atomic E-state index is 13.0. The van der Waals surface area contributed by atoms with Gasteiger partial charge in [-0.3, -0.25) is 0 Å². The van der Waals surface area contributed by atoms with Crippen LogP contribution in [0.3, 0.4) is 0 Å². The van der Waals surface area contributed by atoms with Crippen molar-refractivity contribution in [2.24, 2.45) is 0 Å². The van der Waals surface area contributed by atoms with Gasteiger partial charge in [-0.1, -0.05) is 0 Å². The van der Waals surface area contributed by atoms with Crippen molar-refractivity contribution in [1.29, 1.82) is 0 Å². The van der Waals surface area contributed by atoms with Gasteiger partial charge in [-0.25, -0.2) is 12.8 Å². The number of halogens is 4. The van der Waals surface area contributed by atoms with Crippen LogP contribution in [0.2, 0.25) is 0 Å². The van der Waals surface area contributed by atoms with E-state index in [0.29, 0.717) is 6.07 Å². The molecule has 0 bridgehead atoms. The van der Waals surface area contributed by atoms with E-state index in [2.05, 4.69) is 4.74 Å². The highest BCUT2D eigenvalue weighted by molar-refractivity contribution is 7.95. The van der Waals surface area contributed by atoms with Gasteiger partial charge >= 0.3 is 6.36 Å². The standard InChI is InChI=1S/C10H6F4O3S/c1-18(15,16)3-2-7-4-8(11)6-9(5-7)17-10(12,13)14/h4-6H,1H3. The zero-order chi connectivity index (χ0) is 14.0. The maximum Gasteiger partial charge on any atom is 0.573 e. The SMILES string of the molecule is CS(=O)(=O)C#Cc1cc(F)cc(OC(F)(F)F)c1. The molecule has 18 heavy (non-hydrogen) atoms. The minimum atomic E-state index is -4.96. The quantitative estimate of drug-likeness (QED) is 0.585. The van der Waals surface area contributed by atoms with Gasteiger partial charge in [-0.2, -0.15) is 0 Å². The molecule has 0 spiro atoms. The Bertz CT molecular complexity index is 608. The van der Waals surface area contributed by atoms with Gasteiger partial charge in [0.15, 0.2) is 0 Å². The highest BCUT2D eigenvalue weighted by Gasteiger charge is 2.31. The summed E-state index contributed by atoms with van der Waals surface area (Å²) < 4.78 is 73.6. The zero-order valence-corrected chi connectivity index (χ0v) is 9.69. The summed E-state index contributed by atoms with van der Waals surface area (Å²) in [6.45, 7) is 0. The number of benzene rings is 1. The summed E-state index contributed by atoms with van der Waals surface area (Å²) in [5, 5.41) is 1.77. The Balaban J connectivity index is 3.12. The summed E-state index contributed by atoms with van der Waals surface area (Å²) in [6.07, 6.45) is -4.15. The average molecular weight is 282 g/mol. The zero-order valence-electron chi connectivity index (χ0n) is 8.88. The molecule has 0 saturated carbocycles. The van der Waals surface area contributed by atoms with Gasteiger partial charge in [0.05, 0.1) is 6.26 Å². The summed E-state index contributed by atoms with van der Waals surface area (Å²) in [5.41, 5.74) is -0.236. The molecule has 0 aliphatic rings. The molecule has 0 fully saturated rings. The highest BCUT2D eigenvalue weighted by Crippen LogP contribution is 2.24. The third-order valence-corrected chi connectivity index (χ3v) is 1.96. The van der Waals surface area contributed by atoms with Crippen molar-refractivity contribution < 1.29 is 30.7 Å². The third kappa shape index (κ3) is 5.54. The van der Waals surface area contributed by atoms with E-state index in [9.17, 15) is 26.0 Å². The molecule has 0 unspecified atom stereocenters. The molecule has 1 aromatic carbocycles.